The van der Waals surface area contributed by atoms with Crippen molar-refractivity contribution in [3.8, 4) is 0 Å². The van der Waals surface area contributed by atoms with Crippen LogP contribution in [0.15, 0.2) is 45.8 Å². The van der Waals surface area contributed by atoms with E-state index in [1.165, 1.54) is 10.5 Å². The van der Waals surface area contributed by atoms with Gasteiger partial charge in [-0.05, 0) is 37.6 Å². The Bertz CT molecular complexity index is 379. The molecule has 0 aromatic heterocycles. The van der Waals surface area contributed by atoms with Gasteiger partial charge in [-0.3, -0.25) is 0 Å². The molecule has 0 amide bonds. The minimum absolute atomic E-state index is 0.520. The molecule has 1 aromatic rings. The molecule has 1 unspecified atom stereocenters. The van der Waals surface area contributed by atoms with E-state index in [0.29, 0.717) is 6.04 Å². The monoisotopic (exact) mass is 327 g/mol. The van der Waals surface area contributed by atoms with Crippen molar-refractivity contribution < 1.29 is 0 Å². The van der Waals surface area contributed by atoms with Crippen molar-refractivity contribution >= 4 is 27.7 Å². The molecule has 0 saturated carbocycles. The third kappa shape index (κ3) is 6.07. The van der Waals surface area contributed by atoms with Crippen molar-refractivity contribution in [2.24, 2.45) is 0 Å². The van der Waals surface area contributed by atoms with Crippen molar-refractivity contribution in [1.29, 1.82) is 0 Å². The first-order valence-electron chi connectivity index (χ1n) is 6.44. The van der Waals surface area contributed by atoms with Crippen LogP contribution in [0.5, 0.6) is 0 Å². The minimum Gasteiger partial charge on any atom is -0.313 e. The van der Waals surface area contributed by atoms with Gasteiger partial charge in [0.25, 0.3) is 0 Å². The predicted octanol–water partition coefficient (Wildman–Crippen LogP) is 4.88. The van der Waals surface area contributed by atoms with Gasteiger partial charge in [0.2, 0.25) is 0 Å². The molecular formula is C15H22BrNS. The fraction of sp³-hybridized carbons (Fsp3) is 0.467. The second kappa shape index (κ2) is 8.78. The Morgan fingerprint density at radius 3 is 2.83 bits per heavy atom. The summed E-state index contributed by atoms with van der Waals surface area (Å²) >= 11 is 5.41. The summed E-state index contributed by atoms with van der Waals surface area (Å²) in [6.45, 7) is 9.45. The summed E-state index contributed by atoms with van der Waals surface area (Å²) in [4.78, 5) is 1.31. The predicted molar refractivity (Wildman–Crippen MR) is 86.4 cm³/mol. The average Bonchev–Trinajstić information content (AvgIpc) is 2.36. The smallest absolute Gasteiger partial charge is 0.0198 e. The van der Waals surface area contributed by atoms with E-state index in [1.54, 1.807) is 0 Å². The Balaban J connectivity index is 2.48. The molecule has 0 aliphatic rings. The van der Waals surface area contributed by atoms with E-state index in [-0.39, 0.29) is 0 Å². The number of benzene rings is 1. The van der Waals surface area contributed by atoms with Crippen LogP contribution in [0.3, 0.4) is 0 Å². The van der Waals surface area contributed by atoms with Gasteiger partial charge in [0.05, 0.1) is 0 Å². The SMILES string of the molecule is C=C(CC)CC(CSc1cccc(Br)c1)NCC. The van der Waals surface area contributed by atoms with Crippen molar-refractivity contribution in [3.63, 3.8) is 0 Å². The maximum atomic E-state index is 4.11. The molecular weight excluding hydrogens is 306 g/mol. The number of rotatable bonds is 8. The number of hydrogen-bond donors (Lipinski definition) is 1. The largest absolute Gasteiger partial charge is 0.313 e. The van der Waals surface area contributed by atoms with Crippen LogP contribution in [-0.2, 0) is 0 Å². The zero-order valence-corrected chi connectivity index (χ0v) is 13.6. The van der Waals surface area contributed by atoms with E-state index in [0.717, 1.165) is 29.6 Å². The van der Waals surface area contributed by atoms with Gasteiger partial charge < -0.3 is 5.32 Å². The Kier molecular flexibility index (Phi) is 7.71. The highest BCUT2D eigenvalue weighted by molar-refractivity contribution is 9.10. The molecule has 0 spiro atoms. The van der Waals surface area contributed by atoms with Crippen molar-refractivity contribution in [2.75, 3.05) is 12.3 Å². The van der Waals surface area contributed by atoms with Gasteiger partial charge in [-0.15, -0.1) is 11.8 Å². The lowest BCUT2D eigenvalue weighted by molar-refractivity contribution is 0.565. The van der Waals surface area contributed by atoms with Crippen LogP contribution in [0.1, 0.15) is 26.7 Å². The maximum Gasteiger partial charge on any atom is 0.0198 e. The van der Waals surface area contributed by atoms with E-state index in [9.17, 15) is 0 Å². The number of halogens is 1. The molecule has 1 aromatic carbocycles. The molecule has 1 atom stereocenters. The highest BCUT2D eigenvalue weighted by atomic mass is 79.9. The quantitative estimate of drug-likeness (QED) is 0.539. The van der Waals surface area contributed by atoms with Gasteiger partial charge in [-0.25, -0.2) is 0 Å². The molecule has 0 bridgehead atoms. The minimum atomic E-state index is 0.520. The lowest BCUT2D eigenvalue weighted by atomic mass is 10.1. The summed E-state index contributed by atoms with van der Waals surface area (Å²) < 4.78 is 1.14. The fourth-order valence-electron chi connectivity index (χ4n) is 1.73. The topological polar surface area (TPSA) is 12.0 Å². The molecule has 1 rings (SSSR count). The summed E-state index contributed by atoms with van der Waals surface area (Å²) in [5, 5.41) is 3.54. The van der Waals surface area contributed by atoms with E-state index >= 15 is 0 Å². The molecule has 0 saturated heterocycles. The molecule has 3 heteroatoms. The second-order valence-corrected chi connectivity index (χ2v) is 6.34. The third-order valence-electron chi connectivity index (χ3n) is 2.78. The maximum absolute atomic E-state index is 4.11. The van der Waals surface area contributed by atoms with Crippen molar-refractivity contribution in [1.82, 2.24) is 5.32 Å². The van der Waals surface area contributed by atoms with Gasteiger partial charge in [-0.2, -0.15) is 0 Å². The van der Waals surface area contributed by atoms with Crippen LogP contribution in [0.25, 0.3) is 0 Å². The van der Waals surface area contributed by atoms with Gasteiger partial charge >= 0.3 is 0 Å². The van der Waals surface area contributed by atoms with Crippen LogP contribution >= 0.6 is 27.7 Å². The summed E-state index contributed by atoms with van der Waals surface area (Å²) in [6.07, 6.45) is 2.15. The van der Waals surface area contributed by atoms with Crippen LogP contribution in [0.2, 0.25) is 0 Å². The van der Waals surface area contributed by atoms with E-state index in [1.807, 2.05) is 11.8 Å². The molecule has 1 nitrogen and oxygen atoms in total. The molecule has 0 heterocycles. The first kappa shape index (κ1) is 15.8. The van der Waals surface area contributed by atoms with E-state index in [4.69, 9.17) is 0 Å². The lowest BCUT2D eigenvalue weighted by Crippen LogP contribution is -2.31. The first-order chi connectivity index (χ1) is 8.65. The highest BCUT2D eigenvalue weighted by Crippen LogP contribution is 2.23. The van der Waals surface area contributed by atoms with Crippen LogP contribution in [-0.4, -0.2) is 18.3 Å². The molecule has 1 N–H and O–H groups in total. The summed E-state index contributed by atoms with van der Waals surface area (Å²) in [5.74, 6) is 1.09. The Morgan fingerprint density at radius 2 is 2.22 bits per heavy atom. The average molecular weight is 328 g/mol. The standard InChI is InChI=1S/C15H22BrNS/c1-4-12(3)9-14(17-5-2)11-18-15-8-6-7-13(16)10-15/h6-8,10,14,17H,3-5,9,11H2,1-2H3. The highest BCUT2D eigenvalue weighted by Gasteiger charge is 2.09. The van der Waals surface area contributed by atoms with Gasteiger partial charge in [-0.1, -0.05) is 48.0 Å². The zero-order chi connectivity index (χ0) is 13.4. The normalized spacial score (nSPS) is 12.4. The first-order valence-corrected chi connectivity index (χ1v) is 8.22. The fourth-order valence-corrected chi connectivity index (χ4v) is 3.29. The van der Waals surface area contributed by atoms with E-state index < -0.39 is 0 Å². The molecule has 0 fully saturated rings. The second-order valence-electron chi connectivity index (χ2n) is 4.33. The number of thioether (sulfide) groups is 1. The summed E-state index contributed by atoms with van der Waals surface area (Å²) in [5.41, 5.74) is 1.33. The molecule has 0 aliphatic heterocycles. The van der Waals surface area contributed by atoms with E-state index in [2.05, 4.69) is 65.9 Å². The Morgan fingerprint density at radius 1 is 1.44 bits per heavy atom. The lowest BCUT2D eigenvalue weighted by Gasteiger charge is -2.18. The summed E-state index contributed by atoms with van der Waals surface area (Å²) in [7, 11) is 0. The van der Waals surface area contributed by atoms with Crippen molar-refractivity contribution in [2.45, 2.75) is 37.6 Å². The van der Waals surface area contributed by atoms with Crippen molar-refractivity contribution in [3.05, 3.63) is 40.9 Å². The number of hydrogen-bond acceptors (Lipinski definition) is 2. The molecule has 18 heavy (non-hydrogen) atoms. The van der Waals surface area contributed by atoms with Crippen LogP contribution < -0.4 is 5.32 Å². The molecule has 0 radical (unpaired) electrons. The number of nitrogens with one attached hydrogen (secondary N) is 1. The van der Waals surface area contributed by atoms with Gasteiger partial charge in [0, 0.05) is 21.2 Å². The Hall–Kier alpha value is -0.250. The third-order valence-corrected chi connectivity index (χ3v) is 4.42. The van der Waals surface area contributed by atoms with Gasteiger partial charge in [0.1, 0.15) is 0 Å². The zero-order valence-electron chi connectivity index (χ0n) is 11.2. The molecule has 100 valence electrons. The van der Waals surface area contributed by atoms with Gasteiger partial charge in [0.15, 0.2) is 0 Å². The van der Waals surface area contributed by atoms with Crippen LogP contribution in [0.4, 0.5) is 0 Å². The summed E-state index contributed by atoms with van der Waals surface area (Å²) in [6, 6.07) is 8.99. The molecule has 0 aliphatic carbocycles. The van der Waals surface area contributed by atoms with Crippen LogP contribution in [0, 0.1) is 0 Å². The Labute approximate surface area is 124 Å².